The molecule has 1 aromatic carbocycles. The van der Waals surface area contributed by atoms with Crippen LogP contribution in [0.2, 0.25) is 0 Å². The summed E-state index contributed by atoms with van der Waals surface area (Å²) >= 11 is 3.56. The van der Waals surface area contributed by atoms with Crippen LogP contribution in [-0.4, -0.2) is 34.5 Å². The van der Waals surface area contributed by atoms with Crippen LogP contribution in [0.3, 0.4) is 0 Å². The molecule has 4 rings (SSSR count). The zero-order valence-corrected chi connectivity index (χ0v) is 16.7. The SMILES string of the molecule is Cc1ccc(S(=O)(=O)n2c(-c3cn[nH]c3)cc3c2CN(C)C=C3Br)cc1. The summed E-state index contributed by atoms with van der Waals surface area (Å²) in [7, 11) is -1.84. The smallest absolute Gasteiger partial charge is 0.268 e. The van der Waals surface area contributed by atoms with Crippen molar-refractivity contribution in [3.8, 4) is 11.3 Å². The third-order valence-electron chi connectivity index (χ3n) is 4.40. The van der Waals surface area contributed by atoms with E-state index >= 15 is 0 Å². The Kier molecular flexibility index (Phi) is 4.04. The summed E-state index contributed by atoms with van der Waals surface area (Å²) in [5, 5.41) is 6.74. The molecule has 8 heteroatoms. The second-order valence-corrected chi connectivity index (χ2v) is 8.99. The largest absolute Gasteiger partial charge is 0.374 e. The van der Waals surface area contributed by atoms with Crippen molar-refractivity contribution in [1.82, 2.24) is 19.1 Å². The molecule has 3 heterocycles. The lowest BCUT2D eigenvalue weighted by molar-refractivity contribution is 0.438. The van der Waals surface area contributed by atoms with Crippen molar-refractivity contribution < 1.29 is 8.42 Å². The highest BCUT2D eigenvalue weighted by Crippen LogP contribution is 2.38. The van der Waals surface area contributed by atoms with E-state index in [-0.39, 0.29) is 4.90 Å². The van der Waals surface area contributed by atoms with Gasteiger partial charge in [-0.2, -0.15) is 5.10 Å². The Morgan fingerprint density at radius 3 is 2.62 bits per heavy atom. The van der Waals surface area contributed by atoms with Gasteiger partial charge in [0.05, 0.1) is 29.0 Å². The second-order valence-electron chi connectivity index (χ2n) is 6.35. The molecule has 26 heavy (non-hydrogen) atoms. The first-order valence-corrected chi connectivity index (χ1v) is 10.2. The molecule has 3 aromatic rings. The number of nitrogens with zero attached hydrogens (tertiary/aromatic N) is 3. The van der Waals surface area contributed by atoms with Gasteiger partial charge in [0, 0.05) is 35.1 Å². The summed E-state index contributed by atoms with van der Waals surface area (Å²) in [6, 6.07) is 8.80. The summed E-state index contributed by atoms with van der Waals surface area (Å²) < 4.78 is 29.3. The van der Waals surface area contributed by atoms with E-state index in [1.165, 1.54) is 3.97 Å². The first kappa shape index (κ1) is 17.1. The molecule has 0 fully saturated rings. The third kappa shape index (κ3) is 2.69. The molecule has 2 aromatic heterocycles. The zero-order valence-electron chi connectivity index (χ0n) is 14.3. The lowest BCUT2D eigenvalue weighted by Crippen LogP contribution is -2.23. The topological polar surface area (TPSA) is 71.0 Å². The molecule has 6 nitrogen and oxygen atoms in total. The standard InChI is InChI=1S/C18H17BrN4O2S/c1-12-3-5-14(6-4-12)26(24,25)23-17(13-8-20-21-9-13)7-15-16(19)10-22(2)11-18(15)23/h3-10H,11H2,1-2H3,(H,20,21). The van der Waals surface area contributed by atoms with Gasteiger partial charge in [0.2, 0.25) is 0 Å². The lowest BCUT2D eigenvalue weighted by Gasteiger charge is -2.23. The number of aryl methyl sites for hydroxylation is 1. The Balaban J connectivity index is 2.01. The van der Waals surface area contributed by atoms with Gasteiger partial charge in [-0.05, 0) is 41.1 Å². The molecule has 0 atom stereocenters. The van der Waals surface area contributed by atoms with Crippen molar-refractivity contribution in [2.75, 3.05) is 7.05 Å². The van der Waals surface area contributed by atoms with Crippen LogP contribution in [-0.2, 0) is 16.6 Å². The molecule has 0 radical (unpaired) electrons. The molecule has 0 aliphatic carbocycles. The summed E-state index contributed by atoms with van der Waals surface area (Å²) in [6.45, 7) is 2.43. The summed E-state index contributed by atoms with van der Waals surface area (Å²) in [6.07, 6.45) is 5.27. The van der Waals surface area contributed by atoms with Gasteiger partial charge in [-0.3, -0.25) is 5.10 Å². The van der Waals surface area contributed by atoms with Gasteiger partial charge in [-0.15, -0.1) is 0 Å². The van der Waals surface area contributed by atoms with E-state index in [0.717, 1.165) is 26.9 Å². The normalized spacial score (nSPS) is 14.3. The molecule has 0 saturated carbocycles. The van der Waals surface area contributed by atoms with Gasteiger partial charge >= 0.3 is 0 Å². The quantitative estimate of drug-likeness (QED) is 0.686. The monoisotopic (exact) mass is 432 g/mol. The average Bonchev–Trinajstić information content (AvgIpc) is 3.22. The Labute approximate surface area is 160 Å². The van der Waals surface area contributed by atoms with E-state index in [4.69, 9.17) is 0 Å². The second kappa shape index (κ2) is 6.14. The highest BCUT2D eigenvalue weighted by Gasteiger charge is 2.30. The molecular formula is C18H17BrN4O2S. The number of fused-ring (bicyclic) bond motifs is 1. The molecule has 1 aliphatic rings. The number of aromatic nitrogens is 3. The van der Waals surface area contributed by atoms with E-state index in [2.05, 4.69) is 26.1 Å². The molecule has 0 amide bonds. The van der Waals surface area contributed by atoms with Crippen molar-refractivity contribution in [2.24, 2.45) is 0 Å². The van der Waals surface area contributed by atoms with Gasteiger partial charge in [0.1, 0.15) is 0 Å². The number of H-pyrrole nitrogens is 1. The molecule has 0 unspecified atom stereocenters. The lowest BCUT2D eigenvalue weighted by atomic mass is 10.1. The van der Waals surface area contributed by atoms with Crippen molar-refractivity contribution in [3.63, 3.8) is 0 Å². The molecule has 0 bridgehead atoms. The van der Waals surface area contributed by atoms with E-state index in [9.17, 15) is 8.42 Å². The predicted molar refractivity (Wildman–Crippen MR) is 104 cm³/mol. The van der Waals surface area contributed by atoms with Crippen LogP contribution in [0.15, 0.2) is 53.8 Å². The first-order chi connectivity index (χ1) is 12.4. The fourth-order valence-corrected chi connectivity index (χ4v) is 5.36. The van der Waals surface area contributed by atoms with Gasteiger partial charge in [0.15, 0.2) is 0 Å². The van der Waals surface area contributed by atoms with Crippen LogP contribution in [0.4, 0.5) is 0 Å². The van der Waals surface area contributed by atoms with E-state index in [0.29, 0.717) is 12.2 Å². The Morgan fingerprint density at radius 1 is 1.23 bits per heavy atom. The van der Waals surface area contributed by atoms with Crippen molar-refractivity contribution in [1.29, 1.82) is 0 Å². The summed E-state index contributed by atoms with van der Waals surface area (Å²) in [5.74, 6) is 0. The fourth-order valence-electron chi connectivity index (χ4n) is 3.12. The minimum Gasteiger partial charge on any atom is -0.374 e. The number of hydrogen-bond donors (Lipinski definition) is 1. The van der Waals surface area contributed by atoms with Crippen LogP contribution in [0, 0.1) is 6.92 Å². The van der Waals surface area contributed by atoms with Gasteiger partial charge in [-0.1, -0.05) is 17.7 Å². The number of hydrogen-bond acceptors (Lipinski definition) is 4. The van der Waals surface area contributed by atoms with Gasteiger partial charge in [0.25, 0.3) is 10.0 Å². The predicted octanol–water partition coefficient (Wildman–Crippen LogP) is 3.56. The van der Waals surface area contributed by atoms with Gasteiger partial charge < -0.3 is 4.90 Å². The molecule has 134 valence electrons. The Morgan fingerprint density at radius 2 is 1.96 bits per heavy atom. The molecule has 1 N–H and O–H groups in total. The molecular weight excluding hydrogens is 416 g/mol. The number of halogens is 1. The van der Waals surface area contributed by atoms with Crippen molar-refractivity contribution >= 4 is 30.4 Å². The zero-order chi connectivity index (χ0) is 18.5. The number of nitrogens with one attached hydrogen (secondary N) is 1. The van der Waals surface area contributed by atoms with E-state index in [1.807, 2.05) is 43.3 Å². The van der Waals surface area contributed by atoms with Gasteiger partial charge in [-0.25, -0.2) is 12.4 Å². The molecule has 0 spiro atoms. The van der Waals surface area contributed by atoms with Crippen LogP contribution in [0.5, 0.6) is 0 Å². The maximum absolute atomic E-state index is 13.5. The molecule has 1 aliphatic heterocycles. The minimum absolute atomic E-state index is 0.263. The van der Waals surface area contributed by atoms with E-state index in [1.54, 1.807) is 24.5 Å². The molecule has 0 saturated heterocycles. The average molecular weight is 433 g/mol. The maximum atomic E-state index is 13.5. The highest BCUT2D eigenvalue weighted by molar-refractivity contribution is 9.15. The number of benzene rings is 1. The minimum atomic E-state index is -3.76. The van der Waals surface area contributed by atoms with Crippen molar-refractivity contribution in [2.45, 2.75) is 18.4 Å². The Hall–Kier alpha value is -2.32. The first-order valence-electron chi connectivity index (χ1n) is 8.02. The maximum Gasteiger partial charge on any atom is 0.268 e. The number of aromatic amines is 1. The third-order valence-corrected chi connectivity index (χ3v) is 6.80. The fraction of sp³-hybridized carbons (Fsp3) is 0.167. The Bertz CT molecular complexity index is 1100. The van der Waals surface area contributed by atoms with Crippen LogP contribution < -0.4 is 0 Å². The van der Waals surface area contributed by atoms with E-state index < -0.39 is 10.0 Å². The van der Waals surface area contributed by atoms with Crippen molar-refractivity contribution in [3.05, 3.63) is 65.7 Å². The van der Waals surface area contributed by atoms with Crippen LogP contribution >= 0.6 is 15.9 Å². The van der Waals surface area contributed by atoms with Crippen LogP contribution in [0.1, 0.15) is 16.8 Å². The highest BCUT2D eigenvalue weighted by atomic mass is 79.9. The summed E-state index contributed by atoms with van der Waals surface area (Å²) in [4.78, 5) is 2.21. The van der Waals surface area contributed by atoms with Crippen LogP contribution in [0.25, 0.3) is 15.7 Å². The summed E-state index contributed by atoms with van der Waals surface area (Å²) in [5.41, 5.74) is 3.91. The number of rotatable bonds is 3.